The van der Waals surface area contributed by atoms with Crippen LogP contribution in [0.15, 0.2) is 35.5 Å². The zero-order valence-corrected chi connectivity index (χ0v) is 11.6. The molecule has 6 heteroatoms. The maximum atomic E-state index is 12.8. The number of hydrogen-bond acceptors (Lipinski definition) is 4. The second kappa shape index (κ2) is 4.07. The van der Waals surface area contributed by atoms with Crippen LogP contribution in [0.25, 0.3) is 0 Å². The van der Waals surface area contributed by atoms with E-state index < -0.39 is 5.54 Å². The van der Waals surface area contributed by atoms with Crippen LogP contribution < -0.4 is 10.2 Å². The Morgan fingerprint density at radius 3 is 2.76 bits per heavy atom. The van der Waals surface area contributed by atoms with E-state index in [1.54, 1.807) is 12.1 Å². The predicted molar refractivity (Wildman–Crippen MR) is 75.9 cm³/mol. The number of urea groups is 1. The molecule has 1 saturated heterocycles. The van der Waals surface area contributed by atoms with Crippen LogP contribution in [0.3, 0.4) is 0 Å². The normalized spacial score (nSPS) is 34.0. The molecule has 0 bridgehead atoms. The number of nitrogens with one attached hydrogen (secondary N) is 1. The van der Waals surface area contributed by atoms with Crippen molar-refractivity contribution >= 4 is 23.3 Å². The summed E-state index contributed by atoms with van der Waals surface area (Å²) in [6, 6.07) is 8.63. The lowest BCUT2D eigenvalue weighted by Crippen LogP contribution is -2.45. The number of fused-ring (bicyclic) bond motifs is 1. The Kier molecular flexibility index (Phi) is 2.40. The first kappa shape index (κ1) is 12.4. The molecule has 1 saturated carbocycles. The van der Waals surface area contributed by atoms with E-state index in [0.29, 0.717) is 18.5 Å². The third kappa shape index (κ3) is 1.62. The lowest BCUT2D eigenvalue weighted by atomic mass is 9.94. The summed E-state index contributed by atoms with van der Waals surface area (Å²) in [5, 5.41) is 6.85. The highest BCUT2D eigenvalue weighted by molar-refractivity contribution is 6.23. The van der Waals surface area contributed by atoms with E-state index in [9.17, 15) is 9.59 Å². The number of para-hydroxylation sites is 1. The molecule has 4 rings (SSSR count). The molecule has 1 aliphatic carbocycles. The van der Waals surface area contributed by atoms with Crippen LogP contribution in [0.4, 0.5) is 10.5 Å². The van der Waals surface area contributed by atoms with Crippen molar-refractivity contribution in [3.63, 3.8) is 0 Å². The van der Waals surface area contributed by atoms with Crippen LogP contribution in [0.1, 0.15) is 19.8 Å². The molecule has 3 atom stereocenters. The first-order valence-corrected chi connectivity index (χ1v) is 7.03. The summed E-state index contributed by atoms with van der Waals surface area (Å²) in [7, 11) is 0. The molecule has 2 heterocycles. The highest BCUT2D eigenvalue weighted by Gasteiger charge is 2.61. The number of rotatable bonds is 1. The van der Waals surface area contributed by atoms with Crippen LogP contribution in [0, 0.1) is 5.92 Å². The minimum absolute atomic E-state index is 0.107. The van der Waals surface area contributed by atoms with Crippen molar-refractivity contribution in [2.24, 2.45) is 11.1 Å². The molecule has 21 heavy (non-hydrogen) atoms. The van der Waals surface area contributed by atoms with Gasteiger partial charge in [-0.05, 0) is 25.5 Å². The molecule has 2 aliphatic heterocycles. The van der Waals surface area contributed by atoms with Gasteiger partial charge >= 0.3 is 6.03 Å². The monoisotopic (exact) mass is 285 g/mol. The molecular formula is C15H15N3O3. The standard InChI is InChI=1S/C15H15N3O3/c1-9-11-7-15(8-12(11)21-17-9)13(19)18(14(20)16-15)10-5-3-2-4-6-10/h2-6,11-12H,7-8H2,1H3,(H,16,20)/t11-,12-,15-/m1/s1. The fourth-order valence-corrected chi connectivity index (χ4v) is 3.53. The molecule has 1 aromatic carbocycles. The van der Waals surface area contributed by atoms with Gasteiger partial charge in [-0.1, -0.05) is 23.4 Å². The predicted octanol–water partition coefficient (Wildman–Crippen LogP) is 1.67. The maximum Gasteiger partial charge on any atom is 0.329 e. The molecule has 6 nitrogen and oxygen atoms in total. The van der Waals surface area contributed by atoms with Crippen LogP contribution in [-0.2, 0) is 9.63 Å². The molecule has 1 N–H and O–H groups in total. The Morgan fingerprint density at radius 2 is 2.05 bits per heavy atom. The van der Waals surface area contributed by atoms with E-state index >= 15 is 0 Å². The fourth-order valence-electron chi connectivity index (χ4n) is 3.53. The van der Waals surface area contributed by atoms with Crippen molar-refractivity contribution in [3.05, 3.63) is 30.3 Å². The topological polar surface area (TPSA) is 71.0 Å². The molecule has 0 unspecified atom stereocenters. The van der Waals surface area contributed by atoms with Gasteiger partial charge in [-0.25, -0.2) is 9.69 Å². The summed E-state index contributed by atoms with van der Waals surface area (Å²) in [5.41, 5.74) is 0.650. The van der Waals surface area contributed by atoms with E-state index in [1.807, 2.05) is 25.1 Å². The van der Waals surface area contributed by atoms with Crippen LogP contribution in [-0.4, -0.2) is 29.3 Å². The van der Waals surface area contributed by atoms with Gasteiger partial charge in [0.25, 0.3) is 5.91 Å². The number of nitrogens with zero attached hydrogens (tertiary/aromatic N) is 2. The number of carbonyl (C=O) groups excluding carboxylic acids is 2. The number of amides is 3. The molecule has 1 aromatic rings. The lowest BCUT2D eigenvalue weighted by Gasteiger charge is -2.21. The highest BCUT2D eigenvalue weighted by atomic mass is 16.6. The summed E-state index contributed by atoms with van der Waals surface area (Å²) in [4.78, 5) is 31.7. The Bertz CT molecular complexity index is 657. The van der Waals surface area contributed by atoms with Gasteiger partial charge < -0.3 is 10.2 Å². The van der Waals surface area contributed by atoms with E-state index in [-0.39, 0.29) is 24.0 Å². The van der Waals surface area contributed by atoms with Crippen molar-refractivity contribution in [3.8, 4) is 0 Å². The number of imide groups is 1. The summed E-state index contributed by atoms with van der Waals surface area (Å²) in [5.74, 6) is -0.0746. The number of benzene rings is 1. The van der Waals surface area contributed by atoms with Gasteiger partial charge in [-0.3, -0.25) is 4.79 Å². The summed E-state index contributed by atoms with van der Waals surface area (Å²) < 4.78 is 0. The Morgan fingerprint density at radius 1 is 1.29 bits per heavy atom. The fraction of sp³-hybridized carbons (Fsp3) is 0.400. The average molecular weight is 285 g/mol. The van der Waals surface area contributed by atoms with E-state index in [1.165, 1.54) is 4.90 Å². The van der Waals surface area contributed by atoms with Gasteiger partial charge in [0.1, 0.15) is 11.6 Å². The lowest BCUT2D eigenvalue weighted by molar-refractivity contribution is -0.122. The summed E-state index contributed by atoms with van der Waals surface area (Å²) in [6.45, 7) is 1.90. The highest BCUT2D eigenvalue weighted by Crippen LogP contribution is 2.44. The van der Waals surface area contributed by atoms with Gasteiger partial charge in [0, 0.05) is 12.3 Å². The van der Waals surface area contributed by atoms with Crippen molar-refractivity contribution in [1.29, 1.82) is 0 Å². The van der Waals surface area contributed by atoms with E-state index in [2.05, 4.69) is 10.5 Å². The third-order valence-corrected chi connectivity index (χ3v) is 4.61. The smallest absolute Gasteiger partial charge is 0.329 e. The van der Waals surface area contributed by atoms with Gasteiger partial charge in [-0.15, -0.1) is 0 Å². The third-order valence-electron chi connectivity index (χ3n) is 4.61. The van der Waals surface area contributed by atoms with E-state index in [0.717, 1.165) is 5.71 Å². The first-order valence-electron chi connectivity index (χ1n) is 7.03. The second-order valence-corrected chi connectivity index (χ2v) is 5.88. The zero-order chi connectivity index (χ0) is 14.6. The van der Waals surface area contributed by atoms with E-state index in [4.69, 9.17) is 4.84 Å². The molecular weight excluding hydrogens is 270 g/mol. The Labute approximate surface area is 121 Å². The molecule has 1 spiro atoms. The number of hydrogen-bond donors (Lipinski definition) is 1. The zero-order valence-electron chi connectivity index (χ0n) is 11.6. The quantitative estimate of drug-likeness (QED) is 0.798. The molecule has 2 fully saturated rings. The van der Waals surface area contributed by atoms with Crippen LogP contribution >= 0.6 is 0 Å². The molecule has 108 valence electrons. The van der Waals surface area contributed by atoms with Gasteiger partial charge in [-0.2, -0.15) is 0 Å². The van der Waals surface area contributed by atoms with Crippen molar-refractivity contribution in [2.45, 2.75) is 31.4 Å². The SMILES string of the molecule is CC1=NO[C@@H]2C[C@@]3(C[C@H]12)NC(=O)N(c1ccccc1)C3=O. The summed E-state index contributed by atoms with van der Waals surface area (Å²) >= 11 is 0. The number of anilines is 1. The minimum atomic E-state index is -0.848. The van der Waals surface area contributed by atoms with Gasteiger partial charge in [0.15, 0.2) is 0 Å². The van der Waals surface area contributed by atoms with Crippen molar-refractivity contribution in [1.82, 2.24) is 5.32 Å². The minimum Gasteiger partial charge on any atom is -0.392 e. The molecule has 0 radical (unpaired) electrons. The molecule has 0 aromatic heterocycles. The van der Waals surface area contributed by atoms with Gasteiger partial charge in [0.2, 0.25) is 0 Å². The van der Waals surface area contributed by atoms with Crippen molar-refractivity contribution in [2.75, 3.05) is 4.90 Å². The first-order chi connectivity index (χ1) is 10.1. The van der Waals surface area contributed by atoms with Crippen LogP contribution in [0.2, 0.25) is 0 Å². The van der Waals surface area contributed by atoms with Crippen molar-refractivity contribution < 1.29 is 14.4 Å². The van der Waals surface area contributed by atoms with Crippen LogP contribution in [0.5, 0.6) is 0 Å². The molecule has 3 amide bonds. The molecule has 3 aliphatic rings. The summed E-state index contributed by atoms with van der Waals surface area (Å²) in [6.07, 6.45) is 0.929. The second-order valence-electron chi connectivity index (χ2n) is 5.88. The maximum absolute atomic E-state index is 12.8. The Hall–Kier alpha value is -2.37. The number of oxime groups is 1. The van der Waals surface area contributed by atoms with Gasteiger partial charge in [0.05, 0.1) is 11.4 Å². The Balaban J connectivity index is 1.67. The number of carbonyl (C=O) groups is 2. The average Bonchev–Trinajstić information content (AvgIpc) is 3.07. The largest absolute Gasteiger partial charge is 0.392 e.